The van der Waals surface area contributed by atoms with E-state index in [0.717, 1.165) is 36.9 Å². The van der Waals surface area contributed by atoms with E-state index in [-0.39, 0.29) is 17.2 Å². The number of aromatic nitrogens is 1. The minimum atomic E-state index is -4.97. The van der Waals surface area contributed by atoms with Crippen molar-refractivity contribution in [1.82, 2.24) is 15.2 Å². The Labute approximate surface area is 238 Å². The number of anilines is 1. The van der Waals surface area contributed by atoms with Gasteiger partial charge in [-0.05, 0) is 91.5 Å². The van der Waals surface area contributed by atoms with E-state index in [9.17, 15) is 26.3 Å². The summed E-state index contributed by atoms with van der Waals surface area (Å²) in [5, 5.41) is 6.52. The average molecular weight is 595 g/mol. The number of fused-ring (bicyclic) bond motifs is 4. The Kier molecular flexibility index (Phi) is 7.90. The Balaban J connectivity index is 1.51. The number of nitrogens with one attached hydrogen (secondary N) is 2. The molecule has 0 aliphatic carbocycles. The van der Waals surface area contributed by atoms with Crippen LogP contribution in [0.5, 0.6) is 5.75 Å². The van der Waals surface area contributed by atoms with Crippen molar-refractivity contribution < 1.29 is 31.1 Å². The molecule has 0 saturated carbocycles. The summed E-state index contributed by atoms with van der Waals surface area (Å²) in [5.41, 5.74) is -1.71. The summed E-state index contributed by atoms with van der Waals surface area (Å²) in [7, 11) is 1.55. The van der Waals surface area contributed by atoms with Crippen molar-refractivity contribution in [2.24, 2.45) is 11.8 Å². The molecule has 12 heteroatoms. The lowest BCUT2D eigenvalue weighted by molar-refractivity contribution is -0.143. The highest BCUT2D eigenvalue weighted by Crippen LogP contribution is 2.43. The summed E-state index contributed by atoms with van der Waals surface area (Å²) in [6.07, 6.45) is -4.48. The number of rotatable bonds is 6. The van der Waals surface area contributed by atoms with Crippen molar-refractivity contribution in [1.29, 1.82) is 0 Å². The molecule has 2 bridgehead atoms. The molecule has 0 radical (unpaired) electrons. The van der Waals surface area contributed by atoms with Gasteiger partial charge >= 0.3 is 12.4 Å². The summed E-state index contributed by atoms with van der Waals surface area (Å²) in [4.78, 5) is 6.80. The number of alkyl halides is 6. The normalized spacial score (nSPS) is 23.2. The molecule has 218 valence electrons. The predicted octanol–water partition coefficient (Wildman–Crippen LogP) is 7.21. The molecule has 2 aromatic carbocycles. The molecule has 3 fully saturated rings. The van der Waals surface area contributed by atoms with Crippen LogP contribution in [0.25, 0.3) is 10.9 Å². The molecule has 1 aromatic heterocycles. The molecule has 1 unspecified atom stereocenters. The molecule has 0 spiro atoms. The highest BCUT2D eigenvalue weighted by molar-refractivity contribution is 7.80. The second-order valence-corrected chi connectivity index (χ2v) is 10.8. The molecule has 3 aromatic rings. The van der Waals surface area contributed by atoms with E-state index in [1.165, 1.54) is 0 Å². The summed E-state index contributed by atoms with van der Waals surface area (Å²) >= 11 is 5.50. The Morgan fingerprint density at radius 1 is 1.10 bits per heavy atom. The number of thiocarbonyl (C=S) groups is 1. The van der Waals surface area contributed by atoms with Crippen molar-refractivity contribution >= 4 is 33.9 Å². The zero-order valence-electron chi connectivity index (χ0n) is 22.0. The highest BCUT2D eigenvalue weighted by atomic mass is 32.1. The van der Waals surface area contributed by atoms with Gasteiger partial charge in [-0.1, -0.05) is 6.08 Å². The summed E-state index contributed by atoms with van der Waals surface area (Å²) in [5.74, 6) is 1.35. The van der Waals surface area contributed by atoms with Gasteiger partial charge in [0.05, 0.1) is 29.8 Å². The van der Waals surface area contributed by atoms with Crippen LogP contribution in [0, 0.1) is 11.8 Å². The maximum atomic E-state index is 13.4. The predicted molar refractivity (Wildman–Crippen MR) is 149 cm³/mol. The number of hydrogen-bond donors (Lipinski definition) is 2. The number of ether oxygens (including phenoxy) is 1. The zero-order valence-corrected chi connectivity index (χ0v) is 22.8. The fourth-order valence-corrected chi connectivity index (χ4v) is 6.23. The van der Waals surface area contributed by atoms with Crippen LogP contribution >= 0.6 is 12.2 Å². The number of nitrogens with zero attached hydrogens (tertiary/aromatic N) is 2. The molecule has 41 heavy (non-hydrogen) atoms. The van der Waals surface area contributed by atoms with Gasteiger partial charge in [-0.25, -0.2) is 0 Å². The molecule has 0 amide bonds. The largest absolute Gasteiger partial charge is 0.497 e. The molecule has 5 nitrogen and oxygen atoms in total. The molecular weight excluding hydrogens is 566 g/mol. The third-order valence-electron chi connectivity index (χ3n) is 7.99. The SMILES string of the molecule is C=C[C@H]1CN2CC[C@H]1C[C@H]2[C@@H](NC(=S)Nc1cc(C(F)(F)F)cc(C(F)(F)F)c1)c1ccnc2ccc(OC)cc12. The van der Waals surface area contributed by atoms with E-state index in [2.05, 4.69) is 27.1 Å². The third kappa shape index (κ3) is 6.13. The monoisotopic (exact) mass is 594 g/mol. The Hall–Kier alpha value is -3.38. The van der Waals surface area contributed by atoms with Crippen molar-refractivity contribution in [3.63, 3.8) is 0 Å². The van der Waals surface area contributed by atoms with Crippen LogP contribution in [0.4, 0.5) is 32.0 Å². The molecule has 6 rings (SSSR count). The first kappa shape index (κ1) is 29.1. The lowest BCUT2D eigenvalue weighted by Crippen LogP contribution is -2.57. The quantitative estimate of drug-likeness (QED) is 0.179. The van der Waals surface area contributed by atoms with Gasteiger partial charge in [0, 0.05) is 29.9 Å². The van der Waals surface area contributed by atoms with E-state index in [1.807, 2.05) is 24.3 Å². The second kappa shape index (κ2) is 11.1. The summed E-state index contributed by atoms with van der Waals surface area (Å²) < 4.78 is 86.0. The topological polar surface area (TPSA) is 49.4 Å². The molecule has 3 saturated heterocycles. The molecule has 2 N–H and O–H groups in total. The van der Waals surface area contributed by atoms with Gasteiger partial charge in [-0.2, -0.15) is 26.3 Å². The Bertz CT molecular complexity index is 1430. The number of benzene rings is 2. The van der Waals surface area contributed by atoms with Crippen molar-refractivity contribution in [3.05, 3.63) is 78.0 Å². The smallest absolute Gasteiger partial charge is 0.416 e. The van der Waals surface area contributed by atoms with E-state index < -0.39 is 35.2 Å². The fourth-order valence-electron chi connectivity index (χ4n) is 5.99. The first-order valence-electron chi connectivity index (χ1n) is 13.0. The van der Waals surface area contributed by atoms with Crippen LogP contribution < -0.4 is 15.4 Å². The first-order chi connectivity index (χ1) is 19.4. The van der Waals surface area contributed by atoms with Crippen LogP contribution in [0.1, 0.15) is 35.6 Å². The van der Waals surface area contributed by atoms with E-state index >= 15 is 0 Å². The third-order valence-corrected chi connectivity index (χ3v) is 8.21. The number of methoxy groups -OCH3 is 1. The van der Waals surface area contributed by atoms with E-state index in [1.54, 1.807) is 19.4 Å². The molecule has 4 heterocycles. The van der Waals surface area contributed by atoms with Gasteiger partial charge in [0.15, 0.2) is 5.11 Å². The highest BCUT2D eigenvalue weighted by Gasteiger charge is 2.43. The summed E-state index contributed by atoms with van der Waals surface area (Å²) in [6.45, 7) is 5.63. The lowest BCUT2D eigenvalue weighted by atomic mass is 9.73. The van der Waals surface area contributed by atoms with Crippen molar-refractivity contribution in [2.75, 3.05) is 25.5 Å². The Morgan fingerprint density at radius 2 is 1.80 bits per heavy atom. The van der Waals surface area contributed by atoms with Crippen molar-refractivity contribution in [2.45, 2.75) is 37.3 Å². The minimum Gasteiger partial charge on any atom is -0.497 e. The van der Waals surface area contributed by atoms with Gasteiger partial charge in [0.2, 0.25) is 0 Å². The van der Waals surface area contributed by atoms with Crippen LogP contribution in [-0.2, 0) is 12.4 Å². The molecular formula is C29H28F6N4OS. The van der Waals surface area contributed by atoms with Gasteiger partial charge in [-0.15, -0.1) is 6.58 Å². The number of pyridine rings is 1. The fraction of sp³-hybridized carbons (Fsp3) is 0.379. The minimum absolute atomic E-state index is 0.0475. The number of piperidine rings is 3. The zero-order chi connectivity index (χ0) is 29.5. The van der Waals surface area contributed by atoms with Crippen molar-refractivity contribution in [3.8, 4) is 5.75 Å². The number of hydrogen-bond acceptors (Lipinski definition) is 4. The summed E-state index contributed by atoms with van der Waals surface area (Å²) in [6, 6.07) is 8.15. The van der Waals surface area contributed by atoms with Gasteiger partial charge in [-0.3, -0.25) is 9.88 Å². The molecule has 3 aliphatic heterocycles. The van der Waals surface area contributed by atoms with Gasteiger partial charge < -0.3 is 15.4 Å². The second-order valence-electron chi connectivity index (χ2n) is 10.4. The standard InChI is InChI=1S/C29H28F6N4OS/c1-3-16-15-39-9-7-17(16)10-25(39)26(22-6-8-36-24-5-4-21(40-2)14-23(22)24)38-27(41)37-20-12-18(28(30,31)32)11-19(13-20)29(33,34)35/h3-6,8,11-14,16-17,25-26H,1,7,9-10,15H2,2H3,(H2,37,38,41)/t16-,17-,25-,26-/m0/s1. The average Bonchev–Trinajstić information content (AvgIpc) is 2.94. The number of halogens is 6. The Morgan fingerprint density at radius 3 is 2.39 bits per heavy atom. The van der Waals surface area contributed by atoms with E-state index in [4.69, 9.17) is 17.0 Å². The van der Waals surface area contributed by atoms with Crippen LogP contribution in [0.3, 0.4) is 0 Å². The lowest BCUT2D eigenvalue weighted by Gasteiger charge is -2.52. The first-order valence-corrected chi connectivity index (χ1v) is 13.4. The maximum absolute atomic E-state index is 13.4. The van der Waals surface area contributed by atoms with Crippen LogP contribution in [0.15, 0.2) is 61.3 Å². The van der Waals surface area contributed by atoms with Crippen LogP contribution in [0.2, 0.25) is 0 Å². The molecule has 5 atom stereocenters. The van der Waals surface area contributed by atoms with E-state index in [0.29, 0.717) is 35.2 Å². The van der Waals surface area contributed by atoms with Gasteiger partial charge in [0.25, 0.3) is 0 Å². The maximum Gasteiger partial charge on any atom is 0.416 e. The molecule has 3 aliphatic rings. The van der Waals surface area contributed by atoms with Crippen LogP contribution in [-0.4, -0.2) is 41.2 Å². The van der Waals surface area contributed by atoms with Gasteiger partial charge in [0.1, 0.15) is 5.75 Å².